The molecule has 0 aliphatic heterocycles. The second-order valence-electron chi connectivity index (χ2n) is 5.47. The van der Waals surface area contributed by atoms with E-state index < -0.39 is 0 Å². The minimum atomic E-state index is -0.192. The van der Waals surface area contributed by atoms with Gasteiger partial charge < -0.3 is 10.4 Å². The molecule has 0 saturated heterocycles. The minimum absolute atomic E-state index is 0.192. The SMILES string of the molecule is CC(C)CC(O)CNCC(C)(C)C. The van der Waals surface area contributed by atoms with E-state index in [-0.39, 0.29) is 6.10 Å². The van der Waals surface area contributed by atoms with Crippen LogP contribution in [-0.2, 0) is 0 Å². The highest BCUT2D eigenvalue weighted by molar-refractivity contribution is 4.68. The molecule has 2 heteroatoms. The van der Waals surface area contributed by atoms with Gasteiger partial charge in [-0.2, -0.15) is 0 Å². The van der Waals surface area contributed by atoms with Gasteiger partial charge in [-0.05, 0) is 17.8 Å². The van der Waals surface area contributed by atoms with Gasteiger partial charge in [-0.15, -0.1) is 0 Å². The molecule has 0 spiro atoms. The Kier molecular flexibility index (Phi) is 5.57. The number of aliphatic hydroxyl groups is 1. The number of rotatable bonds is 5. The fourth-order valence-corrected chi connectivity index (χ4v) is 1.24. The number of hydrogen-bond donors (Lipinski definition) is 2. The van der Waals surface area contributed by atoms with Crippen molar-refractivity contribution in [3.63, 3.8) is 0 Å². The lowest BCUT2D eigenvalue weighted by Gasteiger charge is -2.21. The van der Waals surface area contributed by atoms with E-state index in [4.69, 9.17) is 0 Å². The summed E-state index contributed by atoms with van der Waals surface area (Å²) in [6.07, 6.45) is 0.694. The van der Waals surface area contributed by atoms with Crippen LogP contribution in [0.5, 0.6) is 0 Å². The minimum Gasteiger partial charge on any atom is -0.392 e. The average Bonchev–Trinajstić information content (AvgIpc) is 1.81. The van der Waals surface area contributed by atoms with Gasteiger partial charge in [0, 0.05) is 13.1 Å². The molecule has 0 heterocycles. The van der Waals surface area contributed by atoms with Crippen LogP contribution < -0.4 is 5.32 Å². The van der Waals surface area contributed by atoms with Crippen molar-refractivity contribution >= 4 is 0 Å². The number of nitrogens with one attached hydrogen (secondary N) is 1. The molecule has 1 atom stereocenters. The lowest BCUT2D eigenvalue weighted by atomic mass is 9.97. The molecule has 0 rings (SSSR count). The van der Waals surface area contributed by atoms with Crippen molar-refractivity contribution in [3.05, 3.63) is 0 Å². The number of aliphatic hydroxyl groups excluding tert-OH is 1. The molecule has 0 aliphatic carbocycles. The Balaban J connectivity index is 3.42. The van der Waals surface area contributed by atoms with E-state index >= 15 is 0 Å². The van der Waals surface area contributed by atoms with Gasteiger partial charge in [-0.3, -0.25) is 0 Å². The van der Waals surface area contributed by atoms with E-state index in [2.05, 4.69) is 39.9 Å². The van der Waals surface area contributed by atoms with Gasteiger partial charge >= 0.3 is 0 Å². The monoisotopic (exact) mass is 187 g/mol. The zero-order chi connectivity index (χ0) is 10.5. The zero-order valence-corrected chi connectivity index (χ0v) is 9.72. The van der Waals surface area contributed by atoms with Gasteiger partial charge in [0.15, 0.2) is 0 Å². The Morgan fingerprint density at radius 1 is 1.23 bits per heavy atom. The van der Waals surface area contributed by atoms with Crippen LogP contribution in [0.25, 0.3) is 0 Å². The third kappa shape index (κ3) is 9.84. The van der Waals surface area contributed by atoms with Crippen molar-refractivity contribution < 1.29 is 5.11 Å². The maximum Gasteiger partial charge on any atom is 0.0667 e. The second kappa shape index (κ2) is 5.61. The maximum absolute atomic E-state index is 9.55. The van der Waals surface area contributed by atoms with Crippen LogP contribution >= 0.6 is 0 Å². The van der Waals surface area contributed by atoms with E-state index in [1.807, 2.05) is 0 Å². The molecule has 0 saturated carbocycles. The summed E-state index contributed by atoms with van der Waals surface area (Å²) < 4.78 is 0. The van der Waals surface area contributed by atoms with E-state index in [0.717, 1.165) is 19.5 Å². The van der Waals surface area contributed by atoms with Crippen LogP contribution in [-0.4, -0.2) is 24.3 Å². The van der Waals surface area contributed by atoms with Crippen LogP contribution in [0, 0.1) is 11.3 Å². The van der Waals surface area contributed by atoms with Crippen LogP contribution in [0.2, 0.25) is 0 Å². The smallest absolute Gasteiger partial charge is 0.0667 e. The Morgan fingerprint density at radius 2 is 1.77 bits per heavy atom. The third-order valence-electron chi connectivity index (χ3n) is 1.78. The first kappa shape index (κ1) is 12.9. The molecule has 80 valence electrons. The molecule has 13 heavy (non-hydrogen) atoms. The molecule has 0 radical (unpaired) electrons. The van der Waals surface area contributed by atoms with E-state index in [1.165, 1.54) is 0 Å². The predicted octanol–water partition coefficient (Wildman–Crippen LogP) is 2.03. The first-order chi connectivity index (χ1) is 5.81. The molecular weight excluding hydrogens is 162 g/mol. The molecule has 0 bridgehead atoms. The topological polar surface area (TPSA) is 32.3 Å². The summed E-state index contributed by atoms with van der Waals surface area (Å²) in [5, 5.41) is 12.8. The Hall–Kier alpha value is -0.0800. The second-order valence-corrected chi connectivity index (χ2v) is 5.47. The van der Waals surface area contributed by atoms with Crippen molar-refractivity contribution in [2.24, 2.45) is 11.3 Å². The molecule has 2 nitrogen and oxygen atoms in total. The lowest BCUT2D eigenvalue weighted by molar-refractivity contribution is 0.143. The molecule has 0 fully saturated rings. The highest BCUT2D eigenvalue weighted by Gasteiger charge is 2.11. The van der Waals surface area contributed by atoms with Crippen molar-refractivity contribution in [3.8, 4) is 0 Å². The van der Waals surface area contributed by atoms with Crippen LogP contribution in [0.1, 0.15) is 41.0 Å². The summed E-state index contributed by atoms with van der Waals surface area (Å²) in [6.45, 7) is 12.5. The van der Waals surface area contributed by atoms with Gasteiger partial charge in [0.1, 0.15) is 0 Å². The lowest BCUT2D eigenvalue weighted by Crippen LogP contribution is -2.33. The summed E-state index contributed by atoms with van der Waals surface area (Å²) in [7, 11) is 0. The van der Waals surface area contributed by atoms with Crippen LogP contribution in [0.15, 0.2) is 0 Å². The normalized spacial score (nSPS) is 15.0. The third-order valence-corrected chi connectivity index (χ3v) is 1.78. The molecule has 0 aromatic rings. The maximum atomic E-state index is 9.55. The van der Waals surface area contributed by atoms with Crippen molar-refractivity contribution in [1.82, 2.24) is 5.32 Å². The largest absolute Gasteiger partial charge is 0.392 e. The molecular formula is C11H25NO. The quantitative estimate of drug-likeness (QED) is 0.690. The first-order valence-electron chi connectivity index (χ1n) is 5.20. The van der Waals surface area contributed by atoms with E-state index in [9.17, 15) is 5.11 Å². The van der Waals surface area contributed by atoms with Crippen LogP contribution in [0.3, 0.4) is 0 Å². The van der Waals surface area contributed by atoms with Crippen molar-refractivity contribution in [2.75, 3.05) is 13.1 Å². The van der Waals surface area contributed by atoms with Gasteiger partial charge in [0.2, 0.25) is 0 Å². The Bertz CT molecular complexity index is 127. The Morgan fingerprint density at radius 3 is 2.15 bits per heavy atom. The molecule has 2 N–H and O–H groups in total. The fraction of sp³-hybridized carbons (Fsp3) is 1.00. The molecule has 0 amide bonds. The highest BCUT2D eigenvalue weighted by Crippen LogP contribution is 2.10. The van der Waals surface area contributed by atoms with Gasteiger partial charge in [0.05, 0.1) is 6.10 Å². The summed E-state index contributed by atoms with van der Waals surface area (Å²) in [5.74, 6) is 0.575. The summed E-state index contributed by atoms with van der Waals surface area (Å²) in [5.41, 5.74) is 0.303. The van der Waals surface area contributed by atoms with Crippen molar-refractivity contribution in [1.29, 1.82) is 0 Å². The molecule has 0 aliphatic rings. The summed E-state index contributed by atoms with van der Waals surface area (Å²) in [6, 6.07) is 0. The van der Waals surface area contributed by atoms with Gasteiger partial charge in [-0.1, -0.05) is 34.6 Å². The van der Waals surface area contributed by atoms with Crippen molar-refractivity contribution in [2.45, 2.75) is 47.1 Å². The van der Waals surface area contributed by atoms with E-state index in [0.29, 0.717) is 11.3 Å². The zero-order valence-electron chi connectivity index (χ0n) is 9.72. The van der Waals surface area contributed by atoms with Crippen LogP contribution in [0.4, 0.5) is 0 Å². The Labute approximate surface area is 82.7 Å². The molecule has 0 aromatic heterocycles. The molecule has 0 aromatic carbocycles. The highest BCUT2D eigenvalue weighted by atomic mass is 16.3. The fourth-order valence-electron chi connectivity index (χ4n) is 1.24. The standard InChI is InChI=1S/C11H25NO/c1-9(2)6-10(13)7-12-8-11(3,4)5/h9-10,12-13H,6-8H2,1-5H3. The summed E-state index contributed by atoms with van der Waals surface area (Å²) in [4.78, 5) is 0. The average molecular weight is 187 g/mol. The van der Waals surface area contributed by atoms with Gasteiger partial charge in [0.25, 0.3) is 0 Å². The number of hydrogen-bond acceptors (Lipinski definition) is 2. The predicted molar refractivity (Wildman–Crippen MR) is 57.8 cm³/mol. The molecule has 1 unspecified atom stereocenters. The van der Waals surface area contributed by atoms with Gasteiger partial charge in [-0.25, -0.2) is 0 Å². The summed E-state index contributed by atoms with van der Waals surface area (Å²) >= 11 is 0. The van der Waals surface area contributed by atoms with E-state index in [1.54, 1.807) is 0 Å². The first-order valence-corrected chi connectivity index (χ1v) is 5.20.